The molecule has 0 aromatic heterocycles. The van der Waals surface area contributed by atoms with Gasteiger partial charge in [0.15, 0.2) is 11.5 Å². The maximum atomic E-state index is 13.3. The van der Waals surface area contributed by atoms with Crippen molar-refractivity contribution in [2.75, 3.05) is 25.8 Å². The fourth-order valence-corrected chi connectivity index (χ4v) is 4.61. The second-order valence-electron chi connectivity index (χ2n) is 8.61. The van der Waals surface area contributed by atoms with E-state index in [9.17, 15) is 14.7 Å². The van der Waals surface area contributed by atoms with Gasteiger partial charge in [-0.1, -0.05) is 46.3 Å². The van der Waals surface area contributed by atoms with Crippen LogP contribution >= 0.6 is 15.9 Å². The molecule has 0 spiro atoms. The monoisotopic (exact) mass is 534 g/mol. The van der Waals surface area contributed by atoms with Gasteiger partial charge in [0.25, 0.3) is 11.7 Å². The number of carbonyl (C=O) groups excluding carboxylic acids is 2. The lowest BCUT2D eigenvalue weighted by molar-refractivity contribution is -0.140. The number of Topliss-reactive ketones (excluding diaryl/α,β-unsaturated/α-hetero) is 1. The van der Waals surface area contributed by atoms with Gasteiger partial charge in [0.2, 0.25) is 6.79 Å². The summed E-state index contributed by atoms with van der Waals surface area (Å²) in [7, 11) is 3.88. The second-order valence-corrected chi connectivity index (χ2v) is 9.52. The number of amides is 1. The molecule has 1 N–H and O–H groups in total. The first-order valence-corrected chi connectivity index (χ1v) is 11.8. The highest BCUT2D eigenvalue weighted by Crippen LogP contribution is 2.41. The smallest absolute Gasteiger partial charge is 0.295 e. The van der Waals surface area contributed by atoms with Gasteiger partial charge in [-0.2, -0.15) is 0 Å². The molecule has 3 aromatic rings. The Balaban J connectivity index is 1.60. The van der Waals surface area contributed by atoms with Gasteiger partial charge < -0.3 is 24.4 Å². The quantitative estimate of drug-likeness (QED) is 0.286. The largest absolute Gasteiger partial charge is 0.507 e. The van der Waals surface area contributed by atoms with Gasteiger partial charge in [-0.25, -0.2) is 0 Å². The lowest BCUT2D eigenvalue weighted by Gasteiger charge is -2.26. The Morgan fingerprint density at radius 1 is 1.00 bits per heavy atom. The van der Waals surface area contributed by atoms with E-state index in [1.54, 1.807) is 30.3 Å². The Kier molecular flexibility index (Phi) is 5.98. The van der Waals surface area contributed by atoms with Crippen molar-refractivity contribution in [1.82, 2.24) is 4.90 Å². The Bertz CT molecular complexity index is 1330. The Morgan fingerprint density at radius 3 is 2.37 bits per heavy atom. The van der Waals surface area contributed by atoms with Crippen LogP contribution in [0.1, 0.15) is 22.7 Å². The number of nitrogens with zero attached hydrogens (tertiary/aromatic N) is 2. The van der Waals surface area contributed by atoms with Gasteiger partial charge in [-0.05, 0) is 47.5 Å². The number of aliphatic hydroxyl groups excluding tert-OH is 1. The number of fused-ring (bicyclic) bond motifs is 1. The number of anilines is 1. The minimum absolute atomic E-state index is 0.0654. The molecule has 8 heteroatoms. The van der Waals surface area contributed by atoms with E-state index in [0.29, 0.717) is 17.1 Å². The van der Waals surface area contributed by atoms with E-state index < -0.39 is 17.7 Å². The van der Waals surface area contributed by atoms with Gasteiger partial charge >= 0.3 is 0 Å². The van der Waals surface area contributed by atoms with Gasteiger partial charge in [0, 0.05) is 36.4 Å². The van der Waals surface area contributed by atoms with E-state index in [2.05, 4.69) is 15.9 Å². The molecule has 2 aliphatic rings. The van der Waals surface area contributed by atoms with Crippen molar-refractivity contribution in [2.24, 2.45) is 0 Å². The summed E-state index contributed by atoms with van der Waals surface area (Å²) in [4.78, 5) is 30.0. The van der Waals surface area contributed by atoms with Crippen LogP contribution in [-0.2, 0) is 16.1 Å². The van der Waals surface area contributed by atoms with Crippen molar-refractivity contribution >= 4 is 39.1 Å². The number of hydrogen-bond donors (Lipinski definition) is 1. The first-order valence-electron chi connectivity index (χ1n) is 11.0. The number of ketones is 1. The summed E-state index contributed by atoms with van der Waals surface area (Å²) < 4.78 is 11.7. The third-order valence-corrected chi connectivity index (χ3v) is 6.70. The molecule has 1 atom stereocenters. The summed E-state index contributed by atoms with van der Waals surface area (Å²) in [5.74, 6) is -0.343. The molecule has 178 valence electrons. The summed E-state index contributed by atoms with van der Waals surface area (Å²) in [5, 5.41) is 11.2. The number of aliphatic hydroxyl groups is 1. The predicted octanol–water partition coefficient (Wildman–Crippen LogP) is 4.87. The molecule has 1 saturated heterocycles. The molecule has 3 aromatic carbocycles. The zero-order valence-electron chi connectivity index (χ0n) is 19.2. The molecule has 0 bridgehead atoms. The summed E-state index contributed by atoms with van der Waals surface area (Å²) in [6.07, 6.45) is 0. The van der Waals surface area contributed by atoms with E-state index in [1.807, 2.05) is 55.4 Å². The zero-order valence-corrected chi connectivity index (χ0v) is 20.8. The molecular weight excluding hydrogens is 512 g/mol. The topological polar surface area (TPSA) is 79.3 Å². The molecule has 1 amide bonds. The molecule has 35 heavy (non-hydrogen) atoms. The molecule has 7 nitrogen and oxygen atoms in total. The molecule has 0 aliphatic carbocycles. The zero-order chi connectivity index (χ0) is 24.7. The number of likely N-dealkylation sites (tertiary alicyclic amines) is 1. The highest BCUT2D eigenvalue weighted by atomic mass is 79.9. The third-order valence-electron chi connectivity index (χ3n) is 6.17. The highest BCUT2D eigenvalue weighted by molar-refractivity contribution is 9.10. The fraction of sp³-hybridized carbons (Fsp3) is 0.185. The number of benzene rings is 3. The third kappa shape index (κ3) is 4.25. The molecule has 5 rings (SSSR count). The van der Waals surface area contributed by atoms with E-state index in [1.165, 1.54) is 4.90 Å². The van der Waals surface area contributed by atoms with Crippen molar-refractivity contribution in [3.8, 4) is 11.5 Å². The standard InChI is InChI=1S/C27H23BrN2O5/c1-29(2)20-10-6-17(7-11-20)24-23(25(31)18-4-8-19(28)9-5-18)26(32)27(33)30(24)14-16-3-12-21-22(13-16)35-15-34-21/h3-13,24,31H,14-15H2,1-2H3/b25-23+. The normalized spacial score (nSPS) is 18.3. The number of rotatable bonds is 5. The van der Waals surface area contributed by atoms with Crippen molar-refractivity contribution in [3.63, 3.8) is 0 Å². The molecule has 1 fully saturated rings. The van der Waals surface area contributed by atoms with E-state index in [4.69, 9.17) is 9.47 Å². The van der Waals surface area contributed by atoms with Gasteiger partial charge in [-0.15, -0.1) is 0 Å². The summed E-state index contributed by atoms with van der Waals surface area (Å²) >= 11 is 3.38. The maximum absolute atomic E-state index is 13.3. The lowest BCUT2D eigenvalue weighted by atomic mass is 9.95. The second kappa shape index (κ2) is 9.11. The van der Waals surface area contributed by atoms with Gasteiger partial charge in [0.1, 0.15) is 5.76 Å². The number of ether oxygens (including phenoxy) is 2. The van der Waals surface area contributed by atoms with E-state index in [-0.39, 0.29) is 24.7 Å². The number of hydrogen-bond acceptors (Lipinski definition) is 6. The summed E-state index contributed by atoms with van der Waals surface area (Å²) in [6.45, 7) is 0.313. The van der Waals surface area contributed by atoms with E-state index in [0.717, 1.165) is 21.3 Å². The predicted molar refractivity (Wildman–Crippen MR) is 135 cm³/mol. The number of halogens is 1. The van der Waals surface area contributed by atoms with Crippen molar-refractivity contribution < 1.29 is 24.2 Å². The Morgan fingerprint density at radius 2 is 1.69 bits per heavy atom. The molecule has 1 unspecified atom stereocenters. The van der Waals surface area contributed by atoms with Crippen molar-refractivity contribution in [2.45, 2.75) is 12.6 Å². The first-order chi connectivity index (χ1) is 16.8. The minimum Gasteiger partial charge on any atom is -0.507 e. The van der Waals surface area contributed by atoms with Crippen molar-refractivity contribution in [1.29, 1.82) is 0 Å². The summed E-state index contributed by atoms with van der Waals surface area (Å²) in [5.41, 5.74) is 3.03. The molecule has 0 saturated carbocycles. The van der Waals surface area contributed by atoms with E-state index >= 15 is 0 Å². The average Bonchev–Trinajstić information content (AvgIpc) is 3.42. The van der Waals surface area contributed by atoms with Crippen LogP contribution in [0.15, 0.2) is 76.8 Å². The highest BCUT2D eigenvalue weighted by Gasteiger charge is 2.46. The number of carbonyl (C=O) groups is 2. The minimum atomic E-state index is -0.750. The molecule has 0 radical (unpaired) electrons. The van der Waals surface area contributed by atoms with Crippen molar-refractivity contribution in [3.05, 3.63) is 93.5 Å². The van der Waals surface area contributed by atoms with Gasteiger partial charge in [-0.3, -0.25) is 9.59 Å². The van der Waals surface area contributed by atoms with Crippen LogP contribution < -0.4 is 14.4 Å². The van der Waals surface area contributed by atoms with Crippen LogP contribution in [0.25, 0.3) is 5.76 Å². The van der Waals surface area contributed by atoms with Crippen LogP contribution in [0.2, 0.25) is 0 Å². The Labute approximate surface area is 211 Å². The van der Waals surface area contributed by atoms with Crippen LogP contribution in [0.5, 0.6) is 11.5 Å². The molecule has 2 aliphatic heterocycles. The Hall–Kier alpha value is -3.78. The maximum Gasteiger partial charge on any atom is 0.295 e. The lowest BCUT2D eigenvalue weighted by Crippen LogP contribution is -2.29. The van der Waals surface area contributed by atoms with Crippen LogP contribution in [0.3, 0.4) is 0 Å². The summed E-state index contributed by atoms with van der Waals surface area (Å²) in [6, 6.07) is 19.3. The SMILES string of the molecule is CN(C)c1ccc(C2/C(=C(\O)c3ccc(Br)cc3)C(=O)C(=O)N2Cc2ccc3c(c2)OCO3)cc1. The molecule has 2 heterocycles. The van der Waals surface area contributed by atoms with Crippen LogP contribution in [-0.4, -0.2) is 42.6 Å². The average molecular weight is 535 g/mol. The molecular formula is C27H23BrN2O5. The first kappa shape index (κ1) is 23.0. The van der Waals surface area contributed by atoms with Crippen LogP contribution in [0.4, 0.5) is 5.69 Å². The van der Waals surface area contributed by atoms with Crippen LogP contribution in [0, 0.1) is 0 Å². The fourth-order valence-electron chi connectivity index (χ4n) is 4.34. The van der Waals surface area contributed by atoms with Gasteiger partial charge in [0.05, 0.1) is 11.6 Å².